The van der Waals surface area contributed by atoms with Gasteiger partial charge in [-0.1, -0.05) is 31.5 Å². The molecular weight excluding hydrogens is 280 g/mol. The molecule has 0 heterocycles. The monoisotopic (exact) mass is 296 g/mol. The summed E-state index contributed by atoms with van der Waals surface area (Å²) in [5, 5.41) is 0.333. The van der Waals surface area contributed by atoms with E-state index < -0.39 is 11.9 Å². The lowest BCUT2D eigenvalue weighted by molar-refractivity contribution is -0.139. The Labute approximate surface area is 123 Å². The van der Waals surface area contributed by atoms with Gasteiger partial charge in [0.25, 0.3) is 0 Å². The van der Waals surface area contributed by atoms with Gasteiger partial charge in [-0.15, -0.1) is 0 Å². The number of rotatable bonds is 5. The molecule has 108 valence electrons. The molecule has 4 nitrogen and oxygen atoms in total. The lowest BCUT2D eigenvalue weighted by Gasteiger charge is -2.05. The molecular formula is C15H17ClO4. The Kier molecular flexibility index (Phi) is 6.25. The minimum atomic E-state index is -0.681. The first-order valence-corrected chi connectivity index (χ1v) is 6.59. The predicted molar refractivity (Wildman–Crippen MR) is 76.8 cm³/mol. The zero-order valence-electron chi connectivity index (χ0n) is 11.7. The van der Waals surface area contributed by atoms with Crippen LogP contribution in [-0.2, 0) is 14.3 Å². The fourth-order valence-electron chi connectivity index (χ4n) is 1.26. The van der Waals surface area contributed by atoms with Crippen LogP contribution in [0.25, 0.3) is 0 Å². The predicted octanol–water partition coefficient (Wildman–Crippen LogP) is 3.31. The van der Waals surface area contributed by atoms with Gasteiger partial charge in [-0.05, 0) is 30.5 Å². The van der Waals surface area contributed by atoms with E-state index in [1.54, 1.807) is 18.2 Å². The Morgan fingerprint density at radius 3 is 2.55 bits per heavy atom. The molecule has 0 aliphatic rings. The first-order valence-electron chi connectivity index (χ1n) is 6.21. The zero-order valence-corrected chi connectivity index (χ0v) is 12.4. The number of halogens is 1. The molecule has 0 atom stereocenters. The van der Waals surface area contributed by atoms with Crippen molar-refractivity contribution in [2.24, 2.45) is 5.92 Å². The third-order valence-corrected chi connectivity index (χ3v) is 2.52. The summed E-state index contributed by atoms with van der Waals surface area (Å²) in [5.41, 5.74) is 0.914. The van der Waals surface area contributed by atoms with Gasteiger partial charge < -0.3 is 9.47 Å². The maximum absolute atomic E-state index is 11.5. The Balaban J connectivity index is 2.55. The highest BCUT2D eigenvalue weighted by Gasteiger charge is 2.07. The number of carbonyl (C=O) groups excluding carboxylic acids is 2. The van der Waals surface area contributed by atoms with Gasteiger partial charge in [0.05, 0.1) is 11.6 Å². The van der Waals surface area contributed by atoms with Crippen molar-refractivity contribution in [3.8, 4) is 5.75 Å². The minimum absolute atomic E-state index is 0.241. The highest BCUT2D eigenvalue weighted by molar-refractivity contribution is 6.32. The second kappa shape index (κ2) is 7.70. The number of carbonyl (C=O) groups is 2. The number of esters is 2. The van der Waals surface area contributed by atoms with E-state index in [4.69, 9.17) is 21.1 Å². The number of hydrogen-bond donors (Lipinski definition) is 0. The molecule has 0 N–H and O–H groups in total. The van der Waals surface area contributed by atoms with Gasteiger partial charge in [-0.2, -0.15) is 0 Å². The third-order valence-electron chi connectivity index (χ3n) is 2.21. The van der Waals surface area contributed by atoms with Crippen LogP contribution in [0.4, 0.5) is 0 Å². The van der Waals surface area contributed by atoms with Crippen molar-refractivity contribution < 1.29 is 19.1 Å². The molecule has 0 radical (unpaired) electrons. The van der Waals surface area contributed by atoms with E-state index in [0.29, 0.717) is 11.6 Å². The summed E-state index contributed by atoms with van der Waals surface area (Å²) in [7, 11) is 0. The van der Waals surface area contributed by atoms with Gasteiger partial charge in [-0.25, -0.2) is 9.59 Å². The van der Waals surface area contributed by atoms with Crippen LogP contribution in [0.3, 0.4) is 0 Å². The van der Waals surface area contributed by atoms with E-state index in [9.17, 15) is 9.59 Å². The SMILES string of the molecule is Cc1ccc(Cl)c(OC(=O)/C=C/C(=O)OCC(C)C)c1. The summed E-state index contributed by atoms with van der Waals surface area (Å²) in [6.07, 6.45) is 2.05. The lowest BCUT2D eigenvalue weighted by Crippen LogP contribution is -2.09. The average molecular weight is 297 g/mol. The molecule has 20 heavy (non-hydrogen) atoms. The molecule has 0 fully saturated rings. The van der Waals surface area contributed by atoms with Gasteiger partial charge in [-0.3, -0.25) is 0 Å². The fraction of sp³-hybridized carbons (Fsp3) is 0.333. The largest absolute Gasteiger partial charge is 0.462 e. The summed E-state index contributed by atoms with van der Waals surface area (Å²) in [4.78, 5) is 22.8. The third kappa shape index (κ3) is 5.89. The molecule has 1 aromatic rings. The first kappa shape index (κ1) is 16.2. The standard InChI is InChI=1S/C15H17ClO4/c1-10(2)9-19-14(17)6-7-15(18)20-13-8-11(3)4-5-12(13)16/h4-8,10H,9H2,1-3H3/b7-6+. The maximum Gasteiger partial charge on any atom is 0.336 e. The summed E-state index contributed by atoms with van der Waals surface area (Å²) in [6, 6.07) is 5.09. The molecule has 5 heteroatoms. The molecule has 0 saturated carbocycles. The topological polar surface area (TPSA) is 52.6 Å². The minimum Gasteiger partial charge on any atom is -0.462 e. The fourth-order valence-corrected chi connectivity index (χ4v) is 1.42. The van der Waals surface area contributed by atoms with Crippen molar-refractivity contribution in [3.05, 3.63) is 40.9 Å². The van der Waals surface area contributed by atoms with Gasteiger partial charge in [0.2, 0.25) is 0 Å². The number of hydrogen-bond acceptors (Lipinski definition) is 4. The van der Waals surface area contributed by atoms with Crippen molar-refractivity contribution in [1.82, 2.24) is 0 Å². The highest BCUT2D eigenvalue weighted by atomic mass is 35.5. The van der Waals surface area contributed by atoms with Crippen LogP contribution in [0.1, 0.15) is 19.4 Å². The van der Waals surface area contributed by atoms with Gasteiger partial charge >= 0.3 is 11.9 Å². The Hall–Kier alpha value is -1.81. The Bertz CT molecular complexity index is 521. The van der Waals surface area contributed by atoms with Crippen molar-refractivity contribution in [2.45, 2.75) is 20.8 Å². The van der Waals surface area contributed by atoms with Crippen molar-refractivity contribution in [1.29, 1.82) is 0 Å². The first-order chi connectivity index (χ1) is 9.38. The molecule has 0 bridgehead atoms. The summed E-state index contributed by atoms with van der Waals surface area (Å²) >= 11 is 5.89. The number of aryl methyl sites for hydroxylation is 1. The molecule has 0 saturated heterocycles. The highest BCUT2D eigenvalue weighted by Crippen LogP contribution is 2.25. The smallest absolute Gasteiger partial charge is 0.336 e. The zero-order chi connectivity index (χ0) is 15.1. The molecule has 0 aliphatic carbocycles. The maximum atomic E-state index is 11.5. The molecule has 0 amide bonds. The van der Waals surface area contributed by atoms with Crippen LogP contribution in [0.15, 0.2) is 30.4 Å². The van der Waals surface area contributed by atoms with Crippen molar-refractivity contribution in [2.75, 3.05) is 6.61 Å². The average Bonchev–Trinajstić information content (AvgIpc) is 2.38. The normalized spacial score (nSPS) is 10.8. The Morgan fingerprint density at radius 1 is 1.25 bits per heavy atom. The van der Waals surface area contributed by atoms with E-state index in [-0.39, 0.29) is 11.7 Å². The summed E-state index contributed by atoms with van der Waals surface area (Å²) in [5.74, 6) is -0.757. The second-order valence-electron chi connectivity index (χ2n) is 4.71. The van der Waals surface area contributed by atoms with Crippen LogP contribution < -0.4 is 4.74 Å². The van der Waals surface area contributed by atoms with E-state index >= 15 is 0 Å². The molecule has 0 spiro atoms. The summed E-state index contributed by atoms with van der Waals surface area (Å²) in [6.45, 7) is 6.00. The van der Waals surface area contributed by atoms with E-state index in [1.807, 2.05) is 20.8 Å². The second-order valence-corrected chi connectivity index (χ2v) is 5.12. The molecule has 1 rings (SSSR count). The van der Waals surface area contributed by atoms with E-state index in [0.717, 1.165) is 17.7 Å². The van der Waals surface area contributed by atoms with Crippen LogP contribution >= 0.6 is 11.6 Å². The Morgan fingerprint density at radius 2 is 1.90 bits per heavy atom. The van der Waals surface area contributed by atoms with Crippen LogP contribution in [0, 0.1) is 12.8 Å². The number of benzene rings is 1. The molecule has 1 aromatic carbocycles. The van der Waals surface area contributed by atoms with E-state index in [1.165, 1.54) is 0 Å². The summed E-state index contributed by atoms with van der Waals surface area (Å²) < 4.78 is 9.92. The van der Waals surface area contributed by atoms with E-state index in [2.05, 4.69) is 0 Å². The van der Waals surface area contributed by atoms with Crippen molar-refractivity contribution >= 4 is 23.5 Å². The van der Waals surface area contributed by atoms with Gasteiger partial charge in [0.15, 0.2) is 0 Å². The van der Waals surface area contributed by atoms with Crippen LogP contribution in [0.2, 0.25) is 5.02 Å². The molecule has 0 unspecified atom stereocenters. The van der Waals surface area contributed by atoms with Crippen LogP contribution in [-0.4, -0.2) is 18.5 Å². The van der Waals surface area contributed by atoms with Crippen molar-refractivity contribution in [3.63, 3.8) is 0 Å². The number of ether oxygens (including phenoxy) is 2. The van der Waals surface area contributed by atoms with Gasteiger partial charge in [0, 0.05) is 12.2 Å². The molecule has 0 aromatic heterocycles. The van der Waals surface area contributed by atoms with Crippen LogP contribution in [0.5, 0.6) is 5.75 Å². The quantitative estimate of drug-likeness (QED) is 0.475. The van der Waals surface area contributed by atoms with Gasteiger partial charge in [0.1, 0.15) is 5.75 Å². The lowest BCUT2D eigenvalue weighted by atomic mass is 10.2. The molecule has 0 aliphatic heterocycles.